The topological polar surface area (TPSA) is 117 Å². The van der Waals surface area contributed by atoms with E-state index in [2.05, 4.69) is 29.7 Å². The summed E-state index contributed by atoms with van der Waals surface area (Å²) in [6.45, 7) is 7.07. The molecule has 0 aliphatic carbocycles. The van der Waals surface area contributed by atoms with E-state index >= 15 is 0 Å². The van der Waals surface area contributed by atoms with Gasteiger partial charge in [0, 0.05) is 63.4 Å². The van der Waals surface area contributed by atoms with Crippen LogP contribution < -0.4 is 20.3 Å². The number of pyridine rings is 2. The Labute approximate surface area is 182 Å². The van der Waals surface area contributed by atoms with Crippen molar-refractivity contribution < 1.29 is 6.16 Å². The fraction of sp³-hybridized carbons (Fsp3) is 0.318. The molecule has 1 saturated heterocycles. The van der Waals surface area contributed by atoms with Crippen molar-refractivity contribution in [1.82, 2.24) is 19.9 Å². The van der Waals surface area contributed by atoms with Crippen molar-refractivity contribution in [3.63, 3.8) is 0 Å². The average molecular weight is 421 g/mol. The summed E-state index contributed by atoms with van der Waals surface area (Å²) < 4.78 is 5.66. The van der Waals surface area contributed by atoms with Gasteiger partial charge in [0.2, 0.25) is 11.8 Å². The molecule has 0 atom stereocenters. The van der Waals surface area contributed by atoms with Gasteiger partial charge in [0.05, 0.1) is 23.7 Å². The molecule has 4 heterocycles. The molecule has 3 aromatic rings. The zero-order valence-corrected chi connectivity index (χ0v) is 17.7. The van der Waals surface area contributed by atoms with Crippen LogP contribution in [0.3, 0.4) is 0 Å². The quantitative estimate of drug-likeness (QED) is 0.585. The Bertz CT molecular complexity index is 1050. The Morgan fingerprint density at radius 1 is 1.03 bits per heavy atom. The SMILES string of the molecule is CC(C)Oc1cc(C(=N)c2ccnc(N3CCN(c4ncccn4)CC3)c2)c(N)cn1.[HH]. The van der Waals surface area contributed by atoms with Gasteiger partial charge < -0.3 is 20.3 Å². The van der Waals surface area contributed by atoms with Crippen molar-refractivity contribution in [2.75, 3.05) is 41.7 Å². The number of hydrogen-bond acceptors (Lipinski definition) is 9. The first-order chi connectivity index (χ1) is 15.0. The van der Waals surface area contributed by atoms with E-state index in [-0.39, 0.29) is 7.53 Å². The number of nitrogen functional groups attached to an aromatic ring is 1. The Kier molecular flexibility index (Phi) is 5.92. The highest BCUT2D eigenvalue weighted by Crippen LogP contribution is 2.23. The monoisotopic (exact) mass is 420 g/mol. The summed E-state index contributed by atoms with van der Waals surface area (Å²) in [5.41, 5.74) is 8.20. The standard InChI is InChI=1S/C22H26N8O.H2/c1-15(2)31-20-13-17(18(23)14-28-20)21(24)16-4-7-25-19(12-16)29-8-10-30(11-9-29)22-26-5-3-6-27-22;/h3-7,12-15,24H,8-11,23H2,1-2H3;1H. The molecule has 1 fully saturated rings. The van der Waals surface area contributed by atoms with Crippen LogP contribution in [0.4, 0.5) is 17.5 Å². The fourth-order valence-electron chi connectivity index (χ4n) is 3.46. The molecule has 9 nitrogen and oxygen atoms in total. The molecule has 0 saturated carbocycles. The maximum atomic E-state index is 8.71. The van der Waals surface area contributed by atoms with Crippen molar-refractivity contribution >= 4 is 23.2 Å². The van der Waals surface area contributed by atoms with Gasteiger partial charge in [-0.15, -0.1) is 0 Å². The molecular weight excluding hydrogens is 392 g/mol. The molecule has 3 N–H and O–H groups in total. The lowest BCUT2D eigenvalue weighted by Gasteiger charge is -2.35. The van der Waals surface area contributed by atoms with Crippen LogP contribution in [0.25, 0.3) is 0 Å². The smallest absolute Gasteiger partial charge is 0.225 e. The number of nitrogens with zero attached hydrogens (tertiary/aromatic N) is 6. The van der Waals surface area contributed by atoms with Crippen molar-refractivity contribution in [3.8, 4) is 5.88 Å². The maximum absolute atomic E-state index is 8.71. The van der Waals surface area contributed by atoms with E-state index < -0.39 is 0 Å². The molecule has 162 valence electrons. The molecule has 0 amide bonds. The Balaban J connectivity index is 0.00000289. The summed E-state index contributed by atoms with van der Waals surface area (Å²) in [4.78, 5) is 21.8. The third-order valence-electron chi connectivity index (χ3n) is 5.01. The zero-order valence-electron chi connectivity index (χ0n) is 17.7. The van der Waals surface area contributed by atoms with Crippen LogP contribution in [0.1, 0.15) is 26.4 Å². The van der Waals surface area contributed by atoms with Gasteiger partial charge in [0.15, 0.2) is 0 Å². The summed E-state index contributed by atoms with van der Waals surface area (Å²) in [5.74, 6) is 2.04. The number of hydrogen-bond donors (Lipinski definition) is 2. The number of ether oxygens (including phenoxy) is 1. The maximum Gasteiger partial charge on any atom is 0.225 e. The molecule has 0 unspecified atom stereocenters. The second-order valence-electron chi connectivity index (χ2n) is 7.58. The van der Waals surface area contributed by atoms with Gasteiger partial charge in [-0.1, -0.05) is 0 Å². The highest BCUT2D eigenvalue weighted by Gasteiger charge is 2.21. The lowest BCUT2D eigenvalue weighted by atomic mass is 10.0. The van der Waals surface area contributed by atoms with E-state index in [0.29, 0.717) is 22.8 Å². The van der Waals surface area contributed by atoms with Gasteiger partial charge in [0.1, 0.15) is 5.82 Å². The van der Waals surface area contributed by atoms with E-state index in [4.69, 9.17) is 15.9 Å². The highest BCUT2D eigenvalue weighted by atomic mass is 16.5. The molecule has 0 spiro atoms. The summed E-state index contributed by atoms with van der Waals surface area (Å²) in [6, 6.07) is 7.29. The van der Waals surface area contributed by atoms with Gasteiger partial charge in [-0.3, -0.25) is 5.41 Å². The highest BCUT2D eigenvalue weighted by molar-refractivity contribution is 6.14. The van der Waals surface area contributed by atoms with Crippen LogP contribution >= 0.6 is 0 Å². The lowest BCUT2D eigenvalue weighted by molar-refractivity contribution is 0.232. The third-order valence-corrected chi connectivity index (χ3v) is 5.01. The minimum Gasteiger partial charge on any atom is -0.475 e. The molecule has 1 aliphatic rings. The van der Waals surface area contributed by atoms with E-state index in [9.17, 15) is 0 Å². The lowest BCUT2D eigenvalue weighted by Crippen LogP contribution is -2.47. The summed E-state index contributed by atoms with van der Waals surface area (Å²) >= 11 is 0. The second-order valence-corrected chi connectivity index (χ2v) is 7.58. The van der Waals surface area contributed by atoms with Crippen molar-refractivity contribution in [1.29, 1.82) is 5.41 Å². The normalized spacial score (nSPS) is 14.0. The Morgan fingerprint density at radius 2 is 1.74 bits per heavy atom. The van der Waals surface area contributed by atoms with Crippen molar-refractivity contribution in [2.24, 2.45) is 0 Å². The van der Waals surface area contributed by atoms with Crippen LogP contribution in [0.5, 0.6) is 5.88 Å². The fourth-order valence-corrected chi connectivity index (χ4v) is 3.46. The van der Waals surface area contributed by atoms with Crippen molar-refractivity contribution in [2.45, 2.75) is 20.0 Å². The van der Waals surface area contributed by atoms with Gasteiger partial charge in [0.25, 0.3) is 0 Å². The first-order valence-corrected chi connectivity index (χ1v) is 10.3. The predicted molar refractivity (Wildman–Crippen MR) is 123 cm³/mol. The molecule has 9 heteroatoms. The zero-order chi connectivity index (χ0) is 21.8. The molecule has 1 aliphatic heterocycles. The van der Waals surface area contributed by atoms with Gasteiger partial charge in [-0.2, -0.15) is 0 Å². The molecule has 3 aromatic heterocycles. The van der Waals surface area contributed by atoms with Crippen molar-refractivity contribution in [3.05, 3.63) is 60.2 Å². The van der Waals surface area contributed by atoms with Gasteiger partial charge in [-0.05, 0) is 32.0 Å². The first kappa shape index (κ1) is 20.5. The predicted octanol–water partition coefficient (Wildman–Crippen LogP) is 2.62. The first-order valence-electron chi connectivity index (χ1n) is 10.3. The minimum absolute atomic E-state index is 0. The van der Waals surface area contributed by atoms with Crippen LogP contribution in [0.15, 0.2) is 49.1 Å². The summed E-state index contributed by atoms with van der Waals surface area (Å²) in [6.07, 6.45) is 6.77. The summed E-state index contributed by atoms with van der Waals surface area (Å²) in [5, 5.41) is 8.71. The number of rotatable bonds is 6. The molecule has 4 rings (SSSR count). The summed E-state index contributed by atoms with van der Waals surface area (Å²) in [7, 11) is 0. The molecule has 0 radical (unpaired) electrons. The van der Waals surface area contributed by atoms with Gasteiger partial charge >= 0.3 is 0 Å². The van der Waals surface area contributed by atoms with Crippen LogP contribution in [0.2, 0.25) is 0 Å². The molecular formula is C22H28N8O. The van der Waals surface area contributed by atoms with Gasteiger partial charge in [-0.25, -0.2) is 19.9 Å². The Morgan fingerprint density at radius 3 is 2.45 bits per heavy atom. The number of anilines is 3. The third kappa shape index (κ3) is 4.71. The Hall–Kier alpha value is -3.75. The van der Waals surface area contributed by atoms with E-state index in [0.717, 1.165) is 43.5 Å². The number of piperazine rings is 1. The molecule has 31 heavy (non-hydrogen) atoms. The van der Waals surface area contributed by atoms with E-state index in [1.807, 2.05) is 32.0 Å². The van der Waals surface area contributed by atoms with Crippen LogP contribution in [0, 0.1) is 5.41 Å². The van der Waals surface area contributed by atoms with Crippen LogP contribution in [-0.4, -0.2) is 57.9 Å². The molecule has 0 bridgehead atoms. The number of aromatic nitrogens is 4. The number of nitrogens with one attached hydrogen (secondary N) is 1. The van der Waals surface area contributed by atoms with E-state index in [1.165, 1.54) is 6.20 Å². The van der Waals surface area contributed by atoms with E-state index in [1.54, 1.807) is 24.7 Å². The number of nitrogens with two attached hydrogens (primary N) is 1. The molecule has 0 aromatic carbocycles. The minimum atomic E-state index is -0.00867. The van der Waals surface area contributed by atoms with Crippen LogP contribution in [-0.2, 0) is 0 Å². The largest absolute Gasteiger partial charge is 0.475 e. The second kappa shape index (κ2) is 8.95. The average Bonchev–Trinajstić information content (AvgIpc) is 2.80.